The zero-order valence-electron chi connectivity index (χ0n) is 9.66. The Bertz CT molecular complexity index is 526. The quantitative estimate of drug-likeness (QED) is 0.473. The van der Waals surface area contributed by atoms with E-state index in [9.17, 15) is 17.8 Å². The number of benzene rings is 1. The Morgan fingerprint density at radius 3 is 2.22 bits per heavy atom. The lowest BCUT2D eigenvalue weighted by atomic mass is 10.1. The van der Waals surface area contributed by atoms with Crippen LogP contribution in [0.2, 0.25) is 0 Å². The summed E-state index contributed by atoms with van der Waals surface area (Å²) in [7, 11) is -4.45. The Hall–Kier alpha value is -1.40. The Kier molecular flexibility index (Phi) is 3.68. The molecule has 0 spiro atoms. The van der Waals surface area contributed by atoms with Gasteiger partial charge in [0.25, 0.3) is 0 Å². The first-order valence-electron chi connectivity index (χ1n) is 5.74. The van der Waals surface area contributed by atoms with Crippen LogP contribution in [0, 0.1) is 5.92 Å². The summed E-state index contributed by atoms with van der Waals surface area (Å²) in [5.41, 5.74) is 0. The number of ether oxygens (including phenoxy) is 1. The lowest BCUT2D eigenvalue weighted by molar-refractivity contribution is -0.138. The fourth-order valence-electron chi connectivity index (χ4n) is 2.04. The molecule has 0 unspecified atom stereocenters. The van der Waals surface area contributed by atoms with Crippen LogP contribution in [0.15, 0.2) is 29.2 Å². The molecular formula is C12H13O5S-. The highest BCUT2D eigenvalue weighted by Crippen LogP contribution is 2.26. The SMILES string of the molecule is O=C(Oc1ccc(S(=O)(=O)[O-])cc1)C1CCCC1. The predicted octanol–water partition coefficient (Wildman–Crippen LogP) is 1.69. The van der Waals surface area contributed by atoms with E-state index in [2.05, 4.69) is 0 Å². The van der Waals surface area contributed by atoms with Gasteiger partial charge in [0.1, 0.15) is 15.9 Å². The molecule has 1 aliphatic rings. The van der Waals surface area contributed by atoms with Crippen LogP contribution in [0.4, 0.5) is 0 Å². The maximum Gasteiger partial charge on any atom is 0.314 e. The van der Waals surface area contributed by atoms with Gasteiger partial charge in [0.05, 0.1) is 10.8 Å². The molecule has 0 bridgehead atoms. The average molecular weight is 269 g/mol. The van der Waals surface area contributed by atoms with E-state index in [0.717, 1.165) is 37.8 Å². The molecule has 0 aliphatic heterocycles. The molecule has 0 aromatic heterocycles. The van der Waals surface area contributed by atoms with Crippen LogP contribution >= 0.6 is 0 Å². The molecule has 0 N–H and O–H groups in total. The van der Waals surface area contributed by atoms with E-state index in [1.54, 1.807) is 0 Å². The van der Waals surface area contributed by atoms with Crippen LogP contribution in [0.5, 0.6) is 5.75 Å². The maximum atomic E-state index is 11.7. The lowest BCUT2D eigenvalue weighted by Crippen LogP contribution is -2.17. The molecule has 0 amide bonds. The minimum Gasteiger partial charge on any atom is -0.744 e. The van der Waals surface area contributed by atoms with Crippen molar-refractivity contribution in [1.29, 1.82) is 0 Å². The van der Waals surface area contributed by atoms with Crippen LogP contribution in [0.25, 0.3) is 0 Å². The van der Waals surface area contributed by atoms with E-state index in [1.165, 1.54) is 12.1 Å². The normalized spacial score (nSPS) is 16.7. The van der Waals surface area contributed by atoms with Gasteiger partial charge in [-0.05, 0) is 37.1 Å². The summed E-state index contributed by atoms with van der Waals surface area (Å²) in [4.78, 5) is 11.4. The van der Waals surface area contributed by atoms with Gasteiger partial charge in [-0.15, -0.1) is 0 Å². The van der Waals surface area contributed by atoms with E-state index in [4.69, 9.17) is 4.74 Å². The minimum atomic E-state index is -4.45. The van der Waals surface area contributed by atoms with E-state index in [1.807, 2.05) is 0 Å². The molecule has 6 heteroatoms. The summed E-state index contributed by atoms with van der Waals surface area (Å²) < 4.78 is 37.3. The summed E-state index contributed by atoms with van der Waals surface area (Å²) in [6.07, 6.45) is 3.75. The number of esters is 1. The van der Waals surface area contributed by atoms with Gasteiger partial charge in [0, 0.05) is 0 Å². The van der Waals surface area contributed by atoms with Gasteiger partial charge in [0.2, 0.25) is 0 Å². The molecule has 1 saturated carbocycles. The fourth-order valence-corrected chi connectivity index (χ4v) is 2.50. The predicted molar refractivity (Wildman–Crippen MR) is 62.0 cm³/mol. The third-order valence-corrected chi connectivity index (χ3v) is 3.87. The number of hydrogen-bond acceptors (Lipinski definition) is 5. The van der Waals surface area contributed by atoms with Gasteiger partial charge in [-0.2, -0.15) is 0 Å². The summed E-state index contributed by atoms with van der Waals surface area (Å²) in [5.74, 6) is -0.0857. The van der Waals surface area contributed by atoms with Gasteiger partial charge in [-0.1, -0.05) is 12.8 Å². The highest BCUT2D eigenvalue weighted by molar-refractivity contribution is 7.85. The fraction of sp³-hybridized carbons (Fsp3) is 0.417. The number of carbonyl (C=O) groups is 1. The van der Waals surface area contributed by atoms with Gasteiger partial charge < -0.3 is 9.29 Å². The van der Waals surface area contributed by atoms with Crippen LogP contribution < -0.4 is 4.74 Å². The monoisotopic (exact) mass is 269 g/mol. The van der Waals surface area contributed by atoms with Crippen LogP contribution in [0.1, 0.15) is 25.7 Å². The van der Waals surface area contributed by atoms with Gasteiger partial charge in [0.15, 0.2) is 0 Å². The van der Waals surface area contributed by atoms with Crippen molar-refractivity contribution >= 4 is 16.1 Å². The molecule has 1 aromatic carbocycles. The van der Waals surface area contributed by atoms with Crippen molar-refractivity contribution in [1.82, 2.24) is 0 Å². The standard InChI is InChI=1S/C12H14O5S/c13-12(9-3-1-2-4-9)17-10-5-7-11(8-6-10)18(14,15)16/h5-9H,1-4H2,(H,14,15,16)/p-1. The van der Waals surface area contributed by atoms with Gasteiger partial charge in [-0.3, -0.25) is 4.79 Å². The van der Waals surface area contributed by atoms with Crippen molar-refractivity contribution in [3.05, 3.63) is 24.3 Å². The first-order valence-corrected chi connectivity index (χ1v) is 7.15. The molecule has 1 fully saturated rings. The van der Waals surface area contributed by atoms with Gasteiger partial charge in [-0.25, -0.2) is 8.42 Å². The molecule has 0 saturated heterocycles. The van der Waals surface area contributed by atoms with Crippen molar-refractivity contribution in [2.24, 2.45) is 5.92 Å². The molecule has 18 heavy (non-hydrogen) atoms. The Labute approximate surface area is 106 Å². The van der Waals surface area contributed by atoms with E-state index in [0.29, 0.717) is 0 Å². The second-order valence-electron chi connectivity index (χ2n) is 4.33. The van der Waals surface area contributed by atoms with Crippen LogP contribution in [0.3, 0.4) is 0 Å². The zero-order chi connectivity index (χ0) is 13.2. The Morgan fingerprint density at radius 1 is 1.17 bits per heavy atom. The van der Waals surface area contributed by atoms with Crippen molar-refractivity contribution in [2.75, 3.05) is 0 Å². The molecule has 1 aliphatic carbocycles. The molecule has 1 aromatic rings. The average Bonchev–Trinajstić information content (AvgIpc) is 2.82. The minimum absolute atomic E-state index is 0.0621. The van der Waals surface area contributed by atoms with Crippen molar-refractivity contribution in [3.63, 3.8) is 0 Å². The van der Waals surface area contributed by atoms with Crippen molar-refractivity contribution in [2.45, 2.75) is 30.6 Å². The molecule has 0 atom stereocenters. The van der Waals surface area contributed by atoms with Crippen LogP contribution in [-0.4, -0.2) is 18.9 Å². The van der Waals surface area contributed by atoms with E-state index < -0.39 is 10.1 Å². The molecule has 0 radical (unpaired) electrons. The summed E-state index contributed by atoms with van der Waals surface area (Å²) in [6, 6.07) is 4.91. The van der Waals surface area contributed by atoms with Crippen LogP contribution in [-0.2, 0) is 14.9 Å². The summed E-state index contributed by atoms with van der Waals surface area (Å²) in [6.45, 7) is 0. The second kappa shape index (κ2) is 5.07. The van der Waals surface area contributed by atoms with Gasteiger partial charge >= 0.3 is 5.97 Å². The smallest absolute Gasteiger partial charge is 0.314 e. The van der Waals surface area contributed by atoms with E-state index >= 15 is 0 Å². The first-order chi connectivity index (χ1) is 8.47. The highest BCUT2D eigenvalue weighted by Gasteiger charge is 2.24. The molecule has 0 heterocycles. The topological polar surface area (TPSA) is 83.5 Å². The van der Waals surface area contributed by atoms with Crippen molar-refractivity contribution < 1.29 is 22.5 Å². The lowest BCUT2D eigenvalue weighted by Gasteiger charge is -2.10. The molecule has 2 rings (SSSR count). The Balaban J connectivity index is 2.04. The number of rotatable bonds is 3. The third kappa shape index (κ3) is 3.08. The highest BCUT2D eigenvalue weighted by atomic mass is 32.2. The number of hydrogen-bond donors (Lipinski definition) is 0. The third-order valence-electron chi connectivity index (χ3n) is 3.02. The molecular weight excluding hydrogens is 256 g/mol. The first kappa shape index (κ1) is 13.0. The van der Waals surface area contributed by atoms with Crippen molar-refractivity contribution in [3.8, 4) is 5.75 Å². The Morgan fingerprint density at radius 2 is 1.72 bits per heavy atom. The second-order valence-corrected chi connectivity index (χ2v) is 5.71. The number of carbonyl (C=O) groups excluding carboxylic acids is 1. The molecule has 98 valence electrons. The largest absolute Gasteiger partial charge is 0.744 e. The van der Waals surface area contributed by atoms with E-state index in [-0.39, 0.29) is 22.5 Å². The maximum absolute atomic E-state index is 11.7. The zero-order valence-corrected chi connectivity index (χ0v) is 10.5. The summed E-state index contributed by atoms with van der Waals surface area (Å²) in [5, 5.41) is 0. The molecule has 5 nitrogen and oxygen atoms in total. The summed E-state index contributed by atoms with van der Waals surface area (Å²) >= 11 is 0.